The third kappa shape index (κ3) is 4.80. The molecule has 11 heteroatoms. The van der Waals surface area contributed by atoms with Gasteiger partial charge in [-0.25, -0.2) is 24.6 Å². The van der Waals surface area contributed by atoms with E-state index in [1.54, 1.807) is 18.9 Å². The molecule has 0 unspecified atom stereocenters. The lowest BCUT2D eigenvalue weighted by molar-refractivity contribution is -0.126. The zero-order valence-electron chi connectivity index (χ0n) is 21.4. The Morgan fingerprint density at radius 1 is 1.03 bits per heavy atom. The molecule has 1 amide bonds. The monoisotopic (exact) mass is 510 g/mol. The Bertz CT molecular complexity index is 1490. The summed E-state index contributed by atoms with van der Waals surface area (Å²) in [6, 6.07) is 8.46. The van der Waals surface area contributed by atoms with Gasteiger partial charge in [-0.05, 0) is 42.3 Å². The summed E-state index contributed by atoms with van der Waals surface area (Å²) >= 11 is 0. The first kappa shape index (κ1) is 24.0. The predicted molar refractivity (Wildman–Crippen MR) is 145 cm³/mol. The molecule has 0 atom stereocenters. The Balaban J connectivity index is 1.17. The highest BCUT2D eigenvalue weighted by Gasteiger charge is 2.21. The fourth-order valence-electron chi connectivity index (χ4n) is 5.08. The van der Waals surface area contributed by atoms with Crippen molar-refractivity contribution in [2.45, 2.75) is 26.6 Å². The summed E-state index contributed by atoms with van der Waals surface area (Å²) in [4.78, 5) is 36.3. The molecule has 1 saturated heterocycles. The maximum atomic E-state index is 11.9. The average Bonchev–Trinajstić information content (AvgIpc) is 3.42. The van der Waals surface area contributed by atoms with Crippen molar-refractivity contribution in [3.05, 3.63) is 72.7 Å². The quantitative estimate of drug-likeness (QED) is 0.392. The van der Waals surface area contributed by atoms with Gasteiger partial charge in [0, 0.05) is 50.3 Å². The van der Waals surface area contributed by atoms with Crippen LogP contribution < -0.4 is 10.2 Å². The first-order chi connectivity index (χ1) is 18.6. The summed E-state index contributed by atoms with van der Waals surface area (Å²) in [5, 5.41) is 8.66. The van der Waals surface area contributed by atoms with Crippen LogP contribution in [-0.2, 0) is 24.4 Å². The molecule has 0 spiro atoms. The second kappa shape index (κ2) is 10.2. The molecule has 2 aliphatic rings. The number of hydrogen-bond donors (Lipinski definition) is 1. The van der Waals surface area contributed by atoms with Gasteiger partial charge in [-0.2, -0.15) is 5.10 Å². The molecular weight excluding hydrogens is 480 g/mol. The van der Waals surface area contributed by atoms with Gasteiger partial charge in [-0.15, -0.1) is 0 Å². The molecule has 194 valence electrons. The highest BCUT2D eigenvalue weighted by atomic mass is 16.2. The summed E-state index contributed by atoms with van der Waals surface area (Å²) in [6.45, 7) is 11.9. The van der Waals surface area contributed by atoms with Crippen molar-refractivity contribution >= 4 is 34.1 Å². The number of piperazine rings is 1. The molecule has 1 fully saturated rings. The van der Waals surface area contributed by atoms with Crippen LogP contribution in [0.4, 0.5) is 17.3 Å². The van der Waals surface area contributed by atoms with Crippen LogP contribution in [0.5, 0.6) is 0 Å². The van der Waals surface area contributed by atoms with Gasteiger partial charge in [0.2, 0.25) is 5.91 Å². The number of pyridine rings is 1. The van der Waals surface area contributed by atoms with Gasteiger partial charge in [-0.1, -0.05) is 12.6 Å². The summed E-state index contributed by atoms with van der Waals surface area (Å²) in [5.74, 6) is 2.58. The van der Waals surface area contributed by atoms with Gasteiger partial charge in [0.05, 0.1) is 24.8 Å². The lowest BCUT2D eigenvalue weighted by Crippen LogP contribution is -2.48. The van der Waals surface area contributed by atoms with Gasteiger partial charge in [-0.3, -0.25) is 9.69 Å². The average molecular weight is 511 g/mol. The molecule has 0 bridgehead atoms. The van der Waals surface area contributed by atoms with Crippen LogP contribution in [0.25, 0.3) is 10.9 Å². The number of rotatable bonds is 6. The number of aromatic nitrogens is 6. The largest absolute Gasteiger partial charge is 0.353 e. The minimum atomic E-state index is -0.0299. The first-order valence-electron chi connectivity index (χ1n) is 12.8. The second-order valence-corrected chi connectivity index (χ2v) is 9.67. The first-order valence-corrected chi connectivity index (χ1v) is 12.8. The maximum Gasteiger partial charge on any atom is 0.246 e. The molecule has 1 aromatic carbocycles. The second-order valence-electron chi connectivity index (χ2n) is 9.67. The van der Waals surface area contributed by atoms with Crippen LogP contribution in [-0.4, -0.2) is 78.1 Å². The molecule has 6 rings (SSSR count). The number of nitrogens with one attached hydrogen (secondary N) is 1. The Labute approximate surface area is 220 Å². The van der Waals surface area contributed by atoms with Crippen molar-refractivity contribution in [3.8, 4) is 0 Å². The number of fused-ring (bicyclic) bond motifs is 2. The summed E-state index contributed by atoms with van der Waals surface area (Å²) < 4.78 is 1.98. The highest BCUT2D eigenvalue weighted by Crippen LogP contribution is 2.28. The van der Waals surface area contributed by atoms with Crippen molar-refractivity contribution in [1.29, 1.82) is 0 Å². The zero-order chi connectivity index (χ0) is 26.1. The third-order valence-corrected chi connectivity index (χ3v) is 7.29. The van der Waals surface area contributed by atoms with Gasteiger partial charge in [0.1, 0.15) is 30.1 Å². The van der Waals surface area contributed by atoms with E-state index in [1.807, 2.05) is 15.6 Å². The normalized spacial score (nSPS) is 15.9. The Morgan fingerprint density at radius 3 is 2.71 bits per heavy atom. The van der Waals surface area contributed by atoms with Crippen LogP contribution in [0.1, 0.15) is 17.0 Å². The zero-order valence-corrected chi connectivity index (χ0v) is 21.4. The number of carbonyl (C=O) groups excluding carboxylic acids is 1. The number of nitrogens with zero attached hydrogens (tertiary/aromatic N) is 9. The van der Waals surface area contributed by atoms with E-state index in [-0.39, 0.29) is 5.91 Å². The molecule has 11 nitrogen and oxygen atoms in total. The predicted octanol–water partition coefficient (Wildman–Crippen LogP) is 2.52. The van der Waals surface area contributed by atoms with Crippen molar-refractivity contribution in [2.24, 2.45) is 0 Å². The molecule has 0 saturated carbocycles. The summed E-state index contributed by atoms with van der Waals surface area (Å²) in [6.07, 6.45) is 6.34. The van der Waals surface area contributed by atoms with E-state index in [2.05, 4.69) is 71.9 Å². The Morgan fingerprint density at radius 2 is 1.89 bits per heavy atom. The lowest BCUT2D eigenvalue weighted by Gasteiger charge is -2.35. The van der Waals surface area contributed by atoms with E-state index < -0.39 is 0 Å². The standard InChI is InChI=1S/C27H30N10O/c1-3-26(38)36-9-7-35(8-10-36)24-13-22-23(14-28-24)29-17-31-27(22)33-21-5-4-20(19(2)12-21)15-34-6-11-37-25(16-34)30-18-32-37/h3-5,12-14,17-18H,1,6-11,15-16H2,2H3,(H,29,31,33). The molecule has 3 aromatic heterocycles. The van der Waals surface area contributed by atoms with E-state index >= 15 is 0 Å². The van der Waals surface area contributed by atoms with Crippen molar-refractivity contribution in [3.63, 3.8) is 0 Å². The molecule has 1 N–H and O–H groups in total. The van der Waals surface area contributed by atoms with Crippen LogP contribution in [0, 0.1) is 6.92 Å². The van der Waals surface area contributed by atoms with Crippen molar-refractivity contribution in [1.82, 2.24) is 39.5 Å². The van der Waals surface area contributed by atoms with E-state index in [4.69, 9.17) is 0 Å². The number of benzene rings is 1. The van der Waals surface area contributed by atoms with Crippen LogP contribution >= 0.6 is 0 Å². The Kier molecular flexibility index (Phi) is 6.42. The smallest absolute Gasteiger partial charge is 0.246 e. The number of aryl methyl sites for hydroxylation is 1. The summed E-state index contributed by atoms with van der Waals surface area (Å²) in [7, 11) is 0. The molecule has 38 heavy (non-hydrogen) atoms. The molecule has 2 aliphatic heterocycles. The minimum Gasteiger partial charge on any atom is -0.353 e. The number of anilines is 3. The van der Waals surface area contributed by atoms with Gasteiger partial charge < -0.3 is 15.1 Å². The van der Waals surface area contributed by atoms with E-state index in [0.717, 1.165) is 60.2 Å². The number of carbonyl (C=O) groups is 1. The molecule has 5 heterocycles. The fraction of sp³-hybridized carbons (Fsp3) is 0.333. The SMILES string of the molecule is C=CC(=O)N1CCN(c2cc3c(Nc4ccc(CN5CCn6ncnc6C5)c(C)c4)ncnc3cn2)CC1. The van der Waals surface area contributed by atoms with Crippen LogP contribution in [0.15, 0.2) is 55.8 Å². The summed E-state index contributed by atoms with van der Waals surface area (Å²) in [5.41, 5.74) is 4.25. The molecule has 0 aliphatic carbocycles. The van der Waals surface area contributed by atoms with E-state index in [1.165, 1.54) is 17.2 Å². The number of amides is 1. The van der Waals surface area contributed by atoms with E-state index in [9.17, 15) is 4.79 Å². The maximum absolute atomic E-state index is 11.9. The highest BCUT2D eigenvalue weighted by molar-refractivity contribution is 5.92. The van der Waals surface area contributed by atoms with E-state index in [0.29, 0.717) is 26.2 Å². The van der Waals surface area contributed by atoms with Crippen LogP contribution in [0.2, 0.25) is 0 Å². The minimum absolute atomic E-state index is 0.0299. The van der Waals surface area contributed by atoms with Gasteiger partial charge in [0.25, 0.3) is 0 Å². The topological polar surface area (TPSA) is 108 Å². The van der Waals surface area contributed by atoms with Gasteiger partial charge in [0.15, 0.2) is 0 Å². The van der Waals surface area contributed by atoms with Gasteiger partial charge >= 0.3 is 0 Å². The number of hydrogen-bond acceptors (Lipinski definition) is 9. The fourth-order valence-corrected chi connectivity index (χ4v) is 5.08. The molecule has 0 radical (unpaired) electrons. The molecular formula is C27H30N10O. The lowest BCUT2D eigenvalue weighted by atomic mass is 10.1. The van der Waals surface area contributed by atoms with Crippen LogP contribution in [0.3, 0.4) is 0 Å². The van der Waals surface area contributed by atoms with Crippen molar-refractivity contribution in [2.75, 3.05) is 42.9 Å². The van der Waals surface area contributed by atoms with Crippen molar-refractivity contribution < 1.29 is 4.79 Å². The molecule has 4 aromatic rings. The third-order valence-electron chi connectivity index (χ3n) is 7.29. The Hall–Kier alpha value is -4.38.